The number of carbonyl (C=O) groups is 1. The predicted molar refractivity (Wildman–Crippen MR) is 139 cm³/mol. The molecular weight excluding hydrogens is 665 g/mol. The fourth-order valence-corrected chi connectivity index (χ4v) is 4.67. The highest BCUT2D eigenvalue weighted by Crippen LogP contribution is 2.38. The normalized spacial score (nSPS) is 15.0. The first kappa shape index (κ1) is 29.8. The van der Waals surface area contributed by atoms with Crippen molar-refractivity contribution in [3.8, 4) is 0 Å². The summed E-state index contributed by atoms with van der Waals surface area (Å²) in [6.45, 7) is -3.50. The van der Waals surface area contributed by atoms with Crippen LogP contribution in [0.3, 0.4) is 0 Å². The van der Waals surface area contributed by atoms with Crippen LogP contribution >= 0.6 is 22.6 Å². The number of likely N-dealkylation sites (tertiary alicyclic amines) is 1. The lowest BCUT2D eigenvalue weighted by Gasteiger charge is -2.49. The van der Waals surface area contributed by atoms with E-state index in [1.165, 1.54) is 42.5 Å². The standard InChI is InChI=1S/C26H20F8IN3O2/c27-18-8-7-17(22(21(18)29)36-20-9-6-15(35)10-19(20)28)23(39)38-12-24(40,13-38)11-37(16-4-2-1-3-5-16)14-25(30,31)26(32,33)34/h1-10,36,40H,11-14H2. The summed E-state index contributed by atoms with van der Waals surface area (Å²) in [5, 5.41) is 13.3. The maximum absolute atomic E-state index is 14.7. The summed E-state index contributed by atoms with van der Waals surface area (Å²) in [4.78, 5) is 14.8. The maximum Gasteiger partial charge on any atom is 0.455 e. The van der Waals surface area contributed by atoms with E-state index in [9.17, 15) is 45.0 Å². The molecule has 4 rings (SSSR count). The molecule has 2 N–H and O–H groups in total. The topological polar surface area (TPSA) is 55.8 Å². The van der Waals surface area contributed by atoms with Gasteiger partial charge in [0.05, 0.1) is 43.1 Å². The number of amides is 1. The third kappa shape index (κ3) is 6.27. The average molecular weight is 685 g/mol. The summed E-state index contributed by atoms with van der Waals surface area (Å²) in [5.41, 5.74) is -3.25. The molecule has 1 amide bonds. The fraction of sp³-hybridized carbons (Fsp3) is 0.269. The third-order valence-corrected chi connectivity index (χ3v) is 6.86. The number of benzene rings is 3. The summed E-state index contributed by atoms with van der Waals surface area (Å²) in [6.07, 6.45) is -5.84. The first-order valence-corrected chi connectivity index (χ1v) is 12.6. The smallest absolute Gasteiger partial charge is 0.384 e. The highest BCUT2D eigenvalue weighted by molar-refractivity contribution is 14.1. The Morgan fingerprint density at radius 1 is 0.975 bits per heavy atom. The van der Waals surface area contributed by atoms with Gasteiger partial charge < -0.3 is 20.2 Å². The fourth-order valence-electron chi connectivity index (χ4n) is 4.22. The van der Waals surface area contributed by atoms with Crippen molar-refractivity contribution < 1.29 is 45.0 Å². The van der Waals surface area contributed by atoms with E-state index < -0.39 is 78.5 Å². The first-order valence-electron chi connectivity index (χ1n) is 11.6. The highest BCUT2D eigenvalue weighted by Gasteiger charge is 2.59. The molecule has 0 aliphatic carbocycles. The van der Waals surface area contributed by atoms with Gasteiger partial charge in [0.25, 0.3) is 5.91 Å². The number of alkyl halides is 5. The molecule has 0 bridgehead atoms. The van der Waals surface area contributed by atoms with Gasteiger partial charge in [-0.05, 0) is 65.1 Å². The van der Waals surface area contributed by atoms with Gasteiger partial charge in [-0.25, -0.2) is 13.2 Å². The Hall–Kier alpha value is -3.14. The Labute approximate surface area is 236 Å². The molecule has 0 atom stereocenters. The molecule has 5 nitrogen and oxygen atoms in total. The Kier molecular flexibility index (Phi) is 8.23. The van der Waals surface area contributed by atoms with Crippen LogP contribution in [0.2, 0.25) is 0 Å². The largest absolute Gasteiger partial charge is 0.455 e. The molecule has 0 saturated carbocycles. The molecule has 1 aliphatic heterocycles. The molecule has 0 aromatic heterocycles. The van der Waals surface area contributed by atoms with Gasteiger partial charge in [-0.2, -0.15) is 22.0 Å². The highest BCUT2D eigenvalue weighted by atomic mass is 127. The lowest BCUT2D eigenvalue weighted by atomic mass is 9.91. The van der Waals surface area contributed by atoms with Crippen LogP contribution in [-0.2, 0) is 0 Å². The van der Waals surface area contributed by atoms with Gasteiger partial charge in [-0.3, -0.25) is 4.79 Å². The van der Waals surface area contributed by atoms with Crippen molar-refractivity contribution in [3.05, 3.63) is 87.2 Å². The molecule has 214 valence electrons. The molecule has 40 heavy (non-hydrogen) atoms. The summed E-state index contributed by atoms with van der Waals surface area (Å²) >= 11 is 1.84. The Morgan fingerprint density at radius 3 is 2.23 bits per heavy atom. The number of carbonyl (C=O) groups excluding carboxylic acids is 1. The quantitative estimate of drug-likeness (QED) is 0.215. The van der Waals surface area contributed by atoms with E-state index in [0.29, 0.717) is 14.5 Å². The van der Waals surface area contributed by atoms with E-state index >= 15 is 0 Å². The molecule has 0 radical (unpaired) electrons. The average Bonchev–Trinajstić information content (AvgIpc) is 2.85. The van der Waals surface area contributed by atoms with Crippen LogP contribution in [0, 0.1) is 21.0 Å². The van der Waals surface area contributed by atoms with E-state index in [2.05, 4.69) is 5.32 Å². The van der Waals surface area contributed by atoms with Crippen molar-refractivity contribution >= 4 is 45.6 Å². The Balaban J connectivity index is 1.54. The molecule has 0 spiro atoms. The van der Waals surface area contributed by atoms with E-state index in [1.54, 1.807) is 0 Å². The number of aliphatic hydroxyl groups is 1. The van der Waals surface area contributed by atoms with E-state index in [-0.39, 0.29) is 11.4 Å². The molecule has 14 heteroatoms. The van der Waals surface area contributed by atoms with Crippen LogP contribution < -0.4 is 10.2 Å². The number of rotatable bonds is 8. The molecule has 3 aromatic rings. The van der Waals surface area contributed by atoms with Gasteiger partial charge in [0, 0.05) is 9.26 Å². The van der Waals surface area contributed by atoms with E-state index in [1.807, 2.05) is 22.6 Å². The van der Waals surface area contributed by atoms with Crippen LogP contribution in [-0.4, -0.2) is 59.8 Å². The number of halogens is 9. The lowest BCUT2D eigenvalue weighted by Crippen LogP contribution is -2.68. The van der Waals surface area contributed by atoms with Crippen LogP contribution in [0.1, 0.15) is 10.4 Å². The number of anilines is 3. The molecular formula is C26H20F8IN3O2. The van der Waals surface area contributed by atoms with E-state index in [4.69, 9.17) is 0 Å². The van der Waals surface area contributed by atoms with Crippen LogP contribution in [0.15, 0.2) is 60.7 Å². The van der Waals surface area contributed by atoms with Gasteiger partial charge in [-0.15, -0.1) is 0 Å². The number of para-hydroxylation sites is 1. The second kappa shape index (κ2) is 11.0. The van der Waals surface area contributed by atoms with Gasteiger partial charge in [-0.1, -0.05) is 18.2 Å². The number of hydrogen-bond acceptors (Lipinski definition) is 4. The monoisotopic (exact) mass is 685 g/mol. The van der Waals surface area contributed by atoms with Gasteiger partial charge in [0.1, 0.15) is 11.4 Å². The Bertz CT molecular complexity index is 1400. The molecule has 1 fully saturated rings. The predicted octanol–water partition coefficient (Wildman–Crippen LogP) is 6.34. The van der Waals surface area contributed by atoms with Gasteiger partial charge >= 0.3 is 12.1 Å². The van der Waals surface area contributed by atoms with Crippen molar-refractivity contribution in [2.24, 2.45) is 0 Å². The summed E-state index contributed by atoms with van der Waals surface area (Å²) in [7, 11) is 0. The maximum atomic E-state index is 14.7. The SMILES string of the molecule is O=C(c1ccc(F)c(F)c1Nc1ccc(I)cc1F)N1CC(O)(CN(CC(F)(F)C(F)(F)F)c2ccccc2)C1. The zero-order chi connectivity index (χ0) is 29.5. The van der Waals surface area contributed by atoms with Crippen molar-refractivity contribution in [1.82, 2.24) is 4.90 Å². The lowest BCUT2D eigenvalue weighted by molar-refractivity contribution is -0.277. The van der Waals surface area contributed by atoms with E-state index in [0.717, 1.165) is 17.0 Å². The summed E-state index contributed by atoms with van der Waals surface area (Å²) < 4.78 is 110. The molecule has 1 saturated heterocycles. The molecule has 0 unspecified atom stereocenters. The zero-order valence-electron chi connectivity index (χ0n) is 20.3. The van der Waals surface area contributed by atoms with Crippen LogP contribution in [0.5, 0.6) is 0 Å². The molecule has 1 heterocycles. The summed E-state index contributed by atoms with van der Waals surface area (Å²) in [5.74, 6) is -9.61. The van der Waals surface area contributed by atoms with Crippen molar-refractivity contribution in [2.45, 2.75) is 17.7 Å². The summed E-state index contributed by atoms with van der Waals surface area (Å²) in [6, 6.07) is 12.4. The Morgan fingerprint density at radius 2 is 1.62 bits per heavy atom. The zero-order valence-corrected chi connectivity index (χ0v) is 22.4. The molecule has 1 aliphatic rings. The van der Waals surface area contributed by atoms with Crippen molar-refractivity contribution in [2.75, 3.05) is 36.4 Å². The van der Waals surface area contributed by atoms with Gasteiger partial charge in [0.2, 0.25) is 0 Å². The van der Waals surface area contributed by atoms with Crippen LogP contribution in [0.25, 0.3) is 0 Å². The number of hydrogen-bond donors (Lipinski definition) is 2. The minimum absolute atomic E-state index is 0.0173. The third-order valence-electron chi connectivity index (χ3n) is 6.18. The second-order valence-electron chi connectivity index (χ2n) is 9.31. The minimum Gasteiger partial charge on any atom is -0.384 e. The van der Waals surface area contributed by atoms with Crippen molar-refractivity contribution in [1.29, 1.82) is 0 Å². The van der Waals surface area contributed by atoms with Crippen LogP contribution in [0.4, 0.5) is 52.2 Å². The van der Waals surface area contributed by atoms with Gasteiger partial charge in [0.15, 0.2) is 11.6 Å². The number of nitrogens with zero attached hydrogens (tertiary/aromatic N) is 2. The molecule has 3 aromatic carbocycles. The second-order valence-corrected chi connectivity index (χ2v) is 10.6. The first-order chi connectivity index (χ1) is 18.6. The number of β-amino-alcohol motifs (C(OH)–C–C–N with tert-alkyl or cyclic N) is 1. The van der Waals surface area contributed by atoms with Crippen molar-refractivity contribution in [3.63, 3.8) is 0 Å². The minimum atomic E-state index is -5.84. The number of nitrogens with one attached hydrogen (secondary N) is 1.